The number of nitrogens with zero attached hydrogens (tertiary/aromatic N) is 2. The second-order valence-electron chi connectivity index (χ2n) is 3.87. The van der Waals surface area contributed by atoms with Crippen LogP contribution in [0.4, 0.5) is 15.9 Å². The molecule has 1 aromatic heterocycles. The number of hydrogen-bond acceptors (Lipinski definition) is 5. The fourth-order valence-electron chi connectivity index (χ4n) is 1.55. The van der Waals surface area contributed by atoms with E-state index in [2.05, 4.69) is 10.3 Å². The average Bonchev–Trinajstić information content (AvgIpc) is 2.42. The molecule has 7 heteroatoms. The largest absolute Gasteiger partial charge is 0.436 e. The highest BCUT2D eigenvalue weighted by Crippen LogP contribution is 2.26. The highest BCUT2D eigenvalue weighted by molar-refractivity contribution is 5.41. The first-order chi connectivity index (χ1) is 9.60. The van der Waals surface area contributed by atoms with Crippen LogP contribution in [-0.2, 0) is 0 Å². The van der Waals surface area contributed by atoms with Gasteiger partial charge in [-0.05, 0) is 19.1 Å². The van der Waals surface area contributed by atoms with E-state index in [0.717, 1.165) is 6.07 Å². The maximum absolute atomic E-state index is 13.7. The number of non-ortho nitro benzene ring substituents is 1. The van der Waals surface area contributed by atoms with Gasteiger partial charge >= 0.3 is 0 Å². The van der Waals surface area contributed by atoms with Gasteiger partial charge in [0.05, 0.1) is 11.0 Å². The minimum absolute atomic E-state index is 0.114. The van der Waals surface area contributed by atoms with Crippen molar-refractivity contribution in [3.8, 4) is 11.6 Å². The molecule has 6 nitrogen and oxygen atoms in total. The molecule has 1 aromatic carbocycles. The van der Waals surface area contributed by atoms with Gasteiger partial charge in [-0.15, -0.1) is 0 Å². The molecule has 104 valence electrons. The van der Waals surface area contributed by atoms with Crippen LogP contribution in [0.5, 0.6) is 11.6 Å². The number of nitrogens with one attached hydrogen (secondary N) is 1. The molecule has 0 saturated carbocycles. The summed E-state index contributed by atoms with van der Waals surface area (Å²) in [7, 11) is 0. The Morgan fingerprint density at radius 2 is 2.20 bits per heavy atom. The minimum atomic E-state index is -0.810. The first kappa shape index (κ1) is 13.7. The summed E-state index contributed by atoms with van der Waals surface area (Å²) in [5.41, 5.74) is -0.329. The number of hydrogen-bond donors (Lipinski definition) is 1. The molecule has 0 bridgehead atoms. The molecule has 2 rings (SSSR count). The van der Waals surface area contributed by atoms with E-state index in [0.29, 0.717) is 12.4 Å². The Morgan fingerprint density at radius 1 is 1.40 bits per heavy atom. The quantitative estimate of drug-likeness (QED) is 0.669. The Bertz CT molecular complexity index is 634. The summed E-state index contributed by atoms with van der Waals surface area (Å²) >= 11 is 0. The van der Waals surface area contributed by atoms with Crippen LogP contribution in [-0.4, -0.2) is 16.5 Å². The second-order valence-corrected chi connectivity index (χ2v) is 3.87. The Balaban J connectivity index is 2.21. The maximum atomic E-state index is 13.7. The lowest BCUT2D eigenvalue weighted by Crippen LogP contribution is -2.00. The standard InChI is InChI=1S/C13H12FN3O3/c1-2-15-12-4-3-5-13(16-12)20-11-7-6-9(17(18)19)8-10(11)14/h3-8H,2H2,1H3,(H,15,16). The van der Waals surface area contributed by atoms with Crippen molar-refractivity contribution in [3.63, 3.8) is 0 Å². The summed E-state index contributed by atoms with van der Waals surface area (Å²) in [4.78, 5) is 14.0. The van der Waals surface area contributed by atoms with Crippen LogP contribution >= 0.6 is 0 Å². The maximum Gasteiger partial charge on any atom is 0.272 e. The van der Waals surface area contributed by atoms with Crippen molar-refractivity contribution in [2.75, 3.05) is 11.9 Å². The van der Waals surface area contributed by atoms with Crippen molar-refractivity contribution < 1.29 is 14.1 Å². The number of nitro groups is 1. The molecule has 0 aliphatic rings. The van der Waals surface area contributed by atoms with Crippen molar-refractivity contribution in [1.29, 1.82) is 0 Å². The van der Waals surface area contributed by atoms with Crippen molar-refractivity contribution in [1.82, 2.24) is 4.98 Å². The number of ether oxygens (including phenoxy) is 1. The summed E-state index contributed by atoms with van der Waals surface area (Å²) in [6.45, 7) is 2.62. The van der Waals surface area contributed by atoms with Crippen LogP contribution in [0, 0.1) is 15.9 Å². The molecule has 1 N–H and O–H groups in total. The van der Waals surface area contributed by atoms with E-state index in [-0.39, 0.29) is 17.3 Å². The molecular formula is C13H12FN3O3. The normalized spacial score (nSPS) is 10.1. The van der Waals surface area contributed by atoms with Crippen LogP contribution < -0.4 is 10.1 Å². The van der Waals surface area contributed by atoms with Gasteiger partial charge in [0.2, 0.25) is 5.88 Å². The van der Waals surface area contributed by atoms with E-state index in [1.54, 1.807) is 18.2 Å². The highest BCUT2D eigenvalue weighted by Gasteiger charge is 2.12. The molecular weight excluding hydrogens is 265 g/mol. The van der Waals surface area contributed by atoms with Gasteiger partial charge in [0.15, 0.2) is 11.6 Å². The summed E-state index contributed by atoms with van der Waals surface area (Å²) in [5.74, 6) is -0.116. The Hall–Kier alpha value is -2.70. The number of benzene rings is 1. The molecule has 0 aliphatic carbocycles. The molecule has 20 heavy (non-hydrogen) atoms. The predicted octanol–water partition coefficient (Wildman–Crippen LogP) is 3.35. The van der Waals surface area contributed by atoms with E-state index in [1.807, 2.05) is 6.92 Å². The number of anilines is 1. The van der Waals surface area contributed by atoms with Crippen LogP contribution in [0.15, 0.2) is 36.4 Å². The smallest absolute Gasteiger partial charge is 0.272 e. The van der Waals surface area contributed by atoms with E-state index in [1.165, 1.54) is 12.1 Å². The lowest BCUT2D eigenvalue weighted by Gasteiger charge is -2.07. The lowest BCUT2D eigenvalue weighted by atomic mass is 10.3. The molecule has 1 heterocycles. The van der Waals surface area contributed by atoms with Crippen LogP contribution in [0.2, 0.25) is 0 Å². The Morgan fingerprint density at radius 3 is 2.85 bits per heavy atom. The number of pyridine rings is 1. The fourth-order valence-corrected chi connectivity index (χ4v) is 1.55. The zero-order chi connectivity index (χ0) is 14.5. The number of halogens is 1. The Kier molecular flexibility index (Phi) is 4.09. The van der Waals surface area contributed by atoms with E-state index >= 15 is 0 Å². The molecule has 0 saturated heterocycles. The number of nitro benzene ring substituents is 1. The first-order valence-electron chi connectivity index (χ1n) is 5.93. The molecule has 0 aliphatic heterocycles. The summed E-state index contributed by atoms with van der Waals surface area (Å²) < 4.78 is 19.0. The summed E-state index contributed by atoms with van der Waals surface area (Å²) in [6.07, 6.45) is 0. The third-order valence-corrected chi connectivity index (χ3v) is 2.42. The molecule has 0 spiro atoms. The summed E-state index contributed by atoms with van der Waals surface area (Å²) in [6, 6.07) is 8.22. The molecule has 0 unspecified atom stereocenters. The van der Waals surface area contributed by atoms with Crippen molar-refractivity contribution in [3.05, 3.63) is 52.3 Å². The lowest BCUT2D eigenvalue weighted by molar-refractivity contribution is -0.385. The van der Waals surface area contributed by atoms with Gasteiger partial charge in [0, 0.05) is 18.7 Å². The van der Waals surface area contributed by atoms with Gasteiger partial charge in [-0.2, -0.15) is 4.98 Å². The molecule has 0 fully saturated rings. The monoisotopic (exact) mass is 277 g/mol. The van der Waals surface area contributed by atoms with E-state index in [4.69, 9.17) is 4.74 Å². The summed E-state index contributed by atoms with van der Waals surface area (Å²) in [5, 5.41) is 13.5. The number of rotatable bonds is 5. The van der Waals surface area contributed by atoms with Crippen molar-refractivity contribution >= 4 is 11.5 Å². The SMILES string of the molecule is CCNc1cccc(Oc2ccc([N+](=O)[O-])cc2F)n1. The van der Waals surface area contributed by atoms with Crippen LogP contribution in [0.25, 0.3) is 0 Å². The number of aromatic nitrogens is 1. The third-order valence-electron chi connectivity index (χ3n) is 2.42. The first-order valence-corrected chi connectivity index (χ1v) is 5.93. The Labute approximate surface area is 114 Å². The topological polar surface area (TPSA) is 77.3 Å². The third kappa shape index (κ3) is 3.19. The zero-order valence-corrected chi connectivity index (χ0v) is 10.7. The molecule has 2 aromatic rings. The average molecular weight is 277 g/mol. The van der Waals surface area contributed by atoms with Crippen molar-refractivity contribution in [2.24, 2.45) is 0 Å². The van der Waals surface area contributed by atoms with Gasteiger partial charge in [0.1, 0.15) is 5.82 Å². The minimum Gasteiger partial charge on any atom is -0.436 e. The van der Waals surface area contributed by atoms with Gasteiger partial charge in [0.25, 0.3) is 5.69 Å². The fraction of sp³-hybridized carbons (Fsp3) is 0.154. The van der Waals surface area contributed by atoms with Gasteiger partial charge < -0.3 is 10.1 Å². The molecule has 0 radical (unpaired) electrons. The van der Waals surface area contributed by atoms with Crippen LogP contribution in [0.3, 0.4) is 0 Å². The molecule has 0 amide bonds. The highest BCUT2D eigenvalue weighted by atomic mass is 19.1. The molecule has 0 atom stereocenters. The van der Waals surface area contributed by atoms with Gasteiger partial charge in [-0.25, -0.2) is 4.39 Å². The van der Waals surface area contributed by atoms with Gasteiger partial charge in [-0.3, -0.25) is 10.1 Å². The van der Waals surface area contributed by atoms with Gasteiger partial charge in [-0.1, -0.05) is 6.07 Å². The zero-order valence-electron chi connectivity index (χ0n) is 10.7. The van der Waals surface area contributed by atoms with Crippen molar-refractivity contribution in [2.45, 2.75) is 6.92 Å². The second kappa shape index (κ2) is 5.96. The van der Waals surface area contributed by atoms with E-state index in [9.17, 15) is 14.5 Å². The predicted molar refractivity (Wildman–Crippen MR) is 71.5 cm³/mol. The van der Waals surface area contributed by atoms with E-state index < -0.39 is 10.7 Å². The van der Waals surface area contributed by atoms with Crippen LogP contribution in [0.1, 0.15) is 6.92 Å².